The second-order valence-electron chi connectivity index (χ2n) is 2.77. The standard InChI is InChI=1S/C8H12N2/c1-6(2)8-9-4-7(3)5-10-8/h4-6H,1-3H3. The molecule has 2 nitrogen and oxygen atoms in total. The SMILES string of the molecule is Cc1cnc(C(C)C)nc1. The summed E-state index contributed by atoms with van der Waals surface area (Å²) in [5.41, 5.74) is 1.12. The first kappa shape index (κ1) is 7.19. The molecule has 0 radical (unpaired) electrons. The Morgan fingerprint density at radius 2 is 1.70 bits per heavy atom. The van der Waals surface area contributed by atoms with Crippen molar-refractivity contribution in [1.82, 2.24) is 9.97 Å². The number of rotatable bonds is 1. The Morgan fingerprint density at radius 1 is 1.20 bits per heavy atom. The Kier molecular flexibility index (Phi) is 2.00. The van der Waals surface area contributed by atoms with Crippen LogP contribution in [0.2, 0.25) is 0 Å². The Morgan fingerprint density at radius 3 is 2.10 bits per heavy atom. The number of hydrogen-bond donors (Lipinski definition) is 0. The molecule has 0 fully saturated rings. The molecule has 0 spiro atoms. The topological polar surface area (TPSA) is 25.8 Å². The minimum Gasteiger partial charge on any atom is -0.241 e. The van der Waals surface area contributed by atoms with Crippen molar-refractivity contribution < 1.29 is 0 Å². The van der Waals surface area contributed by atoms with Gasteiger partial charge in [0.05, 0.1) is 0 Å². The average molecular weight is 136 g/mol. The number of nitrogens with zero attached hydrogens (tertiary/aromatic N) is 2. The van der Waals surface area contributed by atoms with E-state index in [9.17, 15) is 0 Å². The average Bonchev–Trinajstić information content (AvgIpc) is 1.88. The van der Waals surface area contributed by atoms with Crippen LogP contribution < -0.4 is 0 Å². The van der Waals surface area contributed by atoms with E-state index < -0.39 is 0 Å². The maximum atomic E-state index is 4.17. The highest BCUT2D eigenvalue weighted by molar-refractivity contribution is 5.03. The second-order valence-corrected chi connectivity index (χ2v) is 2.77. The van der Waals surface area contributed by atoms with E-state index in [1.165, 1.54) is 0 Å². The highest BCUT2D eigenvalue weighted by atomic mass is 14.9. The van der Waals surface area contributed by atoms with Crippen LogP contribution in [-0.4, -0.2) is 9.97 Å². The van der Waals surface area contributed by atoms with Crippen LogP contribution in [-0.2, 0) is 0 Å². The number of hydrogen-bond acceptors (Lipinski definition) is 2. The molecule has 0 aliphatic rings. The van der Waals surface area contributed by atoms with Gasteiger partial charge in [0.25, 0.3) is 0 Å². The molecule has 0 N–H and O–H groups in total. The molecule has 0 saturated carbocycles. The lowest BCUT2D eigenvalue weighted by Gasteiger charge is -2.00. The van der Waals surface area contributed by atoms with Crippen LogP contribution in [0.3, 0.4) is 0 Å². The van der Waals surface area contributed by atoms with Gasteiger partial charge in [-0.15, -0.1) is 0 Å². The van der Waals surface area contributed by atoms with E-state index in [1.807, 2.05) is 19.3 Å². The van der Waals surface area contributed by atoms with Crippen LogP contribution in [0.15, 0.2) is 12.4 Å². The third-order valence-electron chi connectivity index (χ3n) is 1.32. The first-order valence-electron chi connectivity index (χ1n) is 3.48. The predicted octanol–water partition coefficient (Wildman–Crippen LogP) is 1.91. The summed E-state index contributed by atoms with van der Waals surface area (Å²) in [4.78, 5) is 8.33. The Bertz CT molecular complexity index is 201. The van der Waals surface area contributed by atoms with E-state index in [1.54, 1.807) is 0 Å². The minimum atomic E-state index is 0.431. The summed E-state index contributed by atoms with van der Waals surface area (Å²) in [6.07, 6.45) is 3.70. The molecule has 1 aromatic rings. The van der Waals surface area contributed by atoms with Gasteiger partial charge in [-0.05, 0) is 12.5 Å². The number of aryl methyl sites for hydroxylation is 1. The second kappa shape index (κ2) is 2.78. The van der Waals surface area contributed by atoms with Gasteiger partial charge >= 0.3 is 0 Å². The van der Waals surface area contributed by atoms with Gasteiger partial charge in [0.15, 0.2) is 0 Å². The first-order valence-corrected chi connectivity index (χ1v) is 3.48. The molecule has 0 aliphatic heterocycles. The maximum absolute atomic E-state index is 4.17. The summed E-state index contributed by atoms with van der Waals surface area (Å²) in [5.74, 6) is 1.35. The Labute approximate surface area is 61.3 Å². The zero-order chi connectivity index (χ0) is 7.56. The van der Waals surface area contributed by atoms with Gasteiger partial charge in [-0.3, -0.25) is 0 Å². The van der Waals surface area contributed by atoms with Crippen molar-refractivity contribution in [3.05, 3.63) is 23.8 Å². The van der Waals surface area contributed by atoms with Gasteiger partial charge < -0.3 is 0 Å². The molecule has 0 saturated heterocycles. The summed E-state index contributed by atoms with van der Waals surface area (Å²) in [6, 6.07) is 0. The van der Waals surface area contributed by atoms with Crippen molar-refractivity contribution >= 4 is 0 Å². The number of aromatic nitrogens is 2. The fourth-order valence-electron chi connectivity index (χ4n) is 0.701. The van der Waals surface area contributed by atoms with E-state index in [-0.39, 0.29) is 0 Å². The summed E-state index contributed by atoms with van der Waals surface area (Å²) < 4.78 is 0. The van der Waals surface area contributed by atoms with Crippen LogP contribution in [0.25, 0.3) is 0 Å². The maximum Gasteiger partial charge on any atom is 0.130 e. The third kappa shape index (κ3) is 1.53. The molecule has 2 heteroatoms. The van der Waals surface area contributed by atoms with Crippen LogP contribution >= 0.6 is 0 Å². The molecule has 1 aromatic heterocycles. The van der Waals surface area contributed by atoms with Gasteiger partial charge in [0, 0.05) is 18.3 Å². The fraction of sp³-hybridized carbons (Fsp3) is 0.500. The lowest BCUT2D eigenvalue weighted by Crippen LogP contribution is -1.95. The molecule has 0 bridgehead atoms. The van der Waals surface area contributed by atoms with Crippen molar-refractivity contribution in [2.45, 2.75) is 26.7 Å². The summed E-state index contributed by atoms with van der Waals surface area (Å²) in [6.45, 7) is 6.17. The lowest BCUT2D eigenvalue weighted by molar-refractivity contribution is 0.771. The molecule has 0 atom stereocenters. The van der Waals surface area contributed by atoms with Crippen LogP contribution in [0.1, 0.15) is 31.2 Å². The third-order valence-corrected chi connectivity index (χ3v) is 1.32. The van der Waals surface area contributed by atoms with Gasteiger partial charge in [0.2, 0.25) is 0 Å². The highest BCUT2D eigenvalue weighted by Crippen LogP contribution is 2.06. The van der Waals surface area contributed by atoms with Crippen molar-refractivity contribution in [2.75, 3.05) is 0 Å². The van der Waals surface area contributed by atoms with E-state index in [0.29, 0.717) is 5.92 Å². The van der Waals surface area contributed by atoms with Gasteiger partial charge in [0.1, 0.15) is 5.82 Å². The molecular weight excluding hydrogens is 124 g/mol. The van der Waals surface area contributed by atoms with Crippen LogP contribution in [0.5, 0.6) is 0 Å². The Hall–Kier alpha value is -0.920. The van der Waals surface area contributed by atoms with Crippen LogP contribution in [0.4, 0.5) is 0 Å². The lowest BCUT2D eigenvalue weighted by atomic mass is 10.2. The van der Waals surface area contributed by atoms with Gasteiger partial charge in [-0.25, -0.2) is 9.97 Å². The molecule has 0 aliphatic carbocycles. The predicted molar refractivity (Wildman–Crippen MR) is 40.9 cm³/mol. The van der Waals surface area contributed by atoms with E-state index in [0.717, 1.165) is 11.4 Å². The smallest absolute Gasteiger partial charge is 0.130 e. The zero-order valence-electron chi connectivity index (χ0n) is 6.63. The zero-order valence-corrected chi connectivity index (χ0v) is 6.63. The monoisotopic (exact) mass is 136 g/mol. The van der Waals surface area contributed by atoms with Crippen molar-refractivity contribution in [3.8, 4) is 0 Å². The summed E-state index contributed by atoms with van der Waals surface area (Å²) in [5, 5.41) is 0. The van der Waals surface area contributed by atoms with E-state index >= 15 is 0 Å². The first-order chi connectivity index (χ1) is 4.70. The van der Waals surface area contributed by atoms with Crippen molar-refractivity contribution in [3.63, 3.8) is 0 Å². The molecule has 1 heterocycles. The highest BCUT2D eigenvalue weighted by Gasteiger charge is 1.99. The van der Waals surface area contributed by atoms with Crippen molar-refractivity contribution in [1.29, 1.82) is 0 Å². The van der Waals surface area contributed by atoms with Crippen LogP contribution in [0, 0.1) is 6.92 Å². The molecule has 0 unspecified atom stereocenters. The summed E-state index contributed by atoms with van der Waals surface area (Å²) in [7, 11) is 0. The molecule has 1 rings (SSSR count). The minimum absolute atomic E-state index is 0.431. The summed E-state index contributed by atoms with van der Waals surface area (Å²) >= 11 is 0. The molecule has 0 amide bonds. The molecule has 0 aromatic carbocycles. The van der Waals surface area contributed by atoms with Gasteiger partial charge in [-0.2, -0.15) is 0 Å². The molecule has 10 heavy (non-hydrogen) atoms. The molecule has 54 valence electrons. The van der Waals surface area contributed by atoms with Gasteiger partial charge in [-0.1, -0.05) is 13.8 Å². The fourth-order valence-corrected chi connectivity index (χ4v) is 0.701. The van der Waals surface area contributed by atoms with E-state index in [2.05, 4.69) is 23.8 Å². The normalized spacial score (nSPS) is 10.4. The Balaban J connectivity index is 2.89. The quantitative estimate of drug-likeness (QED) is 0.589. The van der Waals surface area contributed by atoms with E-state index in [4.69, 9.17) is 0 Å². The van der Waals surface area contributed by atoms with Crippen molar-refractivity contribution in [2.24, 2.45) is 0 Å². The largest absolute Gasteiger partial charge is 0.241 e. The molecular formula is C8H12N2.